The molecule has 0 amide bonds. The highest BCUT2D eigenvalue weighted by molar-refractivity contribution is 8.00. The summed E-state index contributed by atoms with van der Waals surface area (Å²) in [5.41, 5.74) is -4.82. The van der Waals surface area contributed by atoms with Crippen LogP contribution in [0.1, 0.15) is 6.92 Å². The Morgan fingerprint density at radius 2 is 1.93 bits per heavy atom. The molecule has 0 spiro atoms. The van der Waals surface area contributed by atoms with Crippen molar-refractivity contribution in [3.05, 3.63) is 11.3 Å². The zero-order chi connectivity index (χ0) is 11.0. The Morgan fingerprint density at radius 3 is 2.29 bits per heavy atom. The highest BCUT2D eigenvalue weighted by atomic mass is 32.2. The van der Waals surface area contributed by atoms with E-state index in [0.29, 0.717) is 11.3 Å². The molecule has 0 N–H and O–H groups in total. The zero-order valence-corrected chi connectivity index (χ0v) is 8.72. The summed E-state index contributed by atoms with van der Waals surface area (Å²) >= 11 is 1.31. The van der Waals surface area contributed by atoms with Crippen LogP contribution in [0.15, 0.2) is 11.3 Å². The van der Waals surface area contributed by atoms with E-state index in [9.17, 15) is 21.6 Å². The fourth-order valence-corrected chi connectivity index (χ4v) is 2.47. The Morgan fingerprint density at radius 1 is 1.36 bits per heavy atom. The second kappa shape index (κ2) is 3.65. The second-order valence-electron chi connectivity index (χ2n) is 2.68. The van der Waals surface area contributed by atoms with E-state index in [2.05, 4.69) is 4.18 Å². The molecule has 1 aliphatic heterocycles. The van der Waals surface area contributed by atoms with Crippen molar-refractivity contribution in [1.29, 1.82) is 0 Å². The van der Waals surface area contributed by atoms with E-state index in [0.717, 1.165) is 0 Å². The molecule has 1 rings (SSSR count). The summed E-state index contributed by atoms with van der Waals surface area (Å²) in [7, 11) is -5.49. The van der Waals surface area contributed by atoms with E-state index in [4.69, 9.17) is 0 Å². The number of thioether (sulfide) groups is 1. The van der Waals surface area contributed by atoms with Crippen LogP contribution in [0.5, 0.6) is 0 Å². The first kappa shape index (κ1) is 11.7. The molecule has 0 fully saturated rings. The minimum Gasteiger partial charge on any atom is -0.380 e. The van der Waals surface area contributed by atoms with Crippen molar-refractivity contribution in [3.63, 3.8) is 0 Å². The van der Waals surface area contributed by atoms with Crippen LogP contribution in [0.4, 0.5) is 13.2 Å². The van der Waals surface area contributed by atoms with Crippen LogP contribution in [0.2, 0.25) is 0 Å². The average Bonchev–Trinajstić information content (AvgIpc) is 2.33. The van der Waals surface area contributed by atoms with E-state index in [1.54, 1.807) is 6.92 Å². The quantitative estimate of drug-likeness (QED) is 0.552. The van der Waals surface area contributed by atoms with E-state index >= 15 is 0 Å². The van der Waals surface area contributed by atoms with E-state index in [1.165, 1.54) is 11.8 Å². The fraction of sp³-hybridized carbons (Fsp3) is 0.667. The summed E-state index contributed by atoms with van der Waals surface area (Å²) in [5.74, 6) is 0.566. The summed E-state index contributed by atoms with van der Waals surface area (Å²) in [4.78, 5) is 0. The van der Waals surface area contributed by atoms with Gasteiger partial charge in [0.2, 0.25) is 0 Å². The first-order valence-electron chi connectivity index (χ1n) is 3.51. The standard InChI is InChI=1S/C6H7F3O3S2/c1-4-2-13-3-5(4)12-14(10,11)6(7,8)9/h2-3H2,1H3. The van der Waals surface area contributed by atoms with Crippen LogP contribution in [0.3, 0.4) is 0 Å². The lowest BCUT2D eigenvalue weighted by atomic mass is 10.3. The van der Waals surface area contributed by atoms with E-state index < -0.39 is 15.6 Å². The maximum atomic E-state index is 11.9. The summed E-state index contributed by atoms with van der Waals surface area (Å²) in [6, 6.07) is 0. The Hall–Kier alpha value is -0.370. The van der Waals surface area contributed by atoms with Gasteiger partial charge in [0.1, 0.15) is 5.76 Å². The Kier molecular flexibility index (Phi) is 3.05. The predicted octanol–water partition coefficient (Wildman–Crippen LogP) is 1.87. The highest BCUT2D eigenvalue weighted by Gasteiger charge is 2.49. The molecule has 14 heavy (non-hydrogen) atoms. The van der Waals surface area contributed by atoms with Gasteiger partial charge in [0.15, 0.2) is 0 Å². The molecule has 0 atom stereocenters. The lowest BCUT2D eigenvalue weighted by Gasteiger charge is -2.10. The summed E-state index contributed by atoms with van der Waals surface area (Å²) in [6.07, 6.45) is 0. The number of alkyl halides is 3. The molecular formula is C6H7F3O3S2. The van der Waals surface area contributed by atoms with Gasteiger partial charge in [-0.2, -0.15) is 21.6 Å². The molecule has 0 aromatic carbocycles. The van der Waals surface area contributed by atoms with Crippen LogP contribution in [0.25, 0.3) is 0 Å². The van der Waals surface area contributed by atoms with Gasteiger partial charge in [-0.3, -0.25) is 0 Å². The Balaban J connectivity index is 2.85. The van der Waals surface area contributed by atoms with Gasteiger partial charge in [0.25, 0.3) is 0 Å². The molecule has 0 aliphatic carbocycles. The number of hydrogen-bond acceptors (Lipinski definition) is 4. The maximum Gasteiger partial charge on any atom is 0.534 e. The molecule has 0 saturated heterocycles. The average molecular weight is 248 g/mol. The van der Waals surface area contributed by atoms with Crippen molar-refractivity contribution in [1.82, 2.24) is 0 Å². The molecule has 0 aromatic rings. The van der Waals surface area contributed by atoms with Crippen LogP contribution < -0.4 is 0 Å². The molecule has 82 valence electrons. The van der Waals surface area contributed by atoms with Gasteiger partial charge in [-0.25, -0.2) is 0 Å². The molecule has 1 aliphatic rings. The van der Waals surface area contributed by atoms with E-state index in [-0.39, 0.29) is 11.5 Å². The maximum absolute atomic E-state index is 11.9. The van der Waals surface area contributed by atoms with Crippen LogP contribution in [-0.4, -0.2) is 25.4 Å². The molecule has 0 saturated carbocycles. The number of halogens is 3. The van der Waals surface area contributed by atoms with Crippen molar-refractivity contribution in [3.8, 4) is 0 Å². The minimum atomic E-state index is -5.49. The summed E-state index contributed by atoms with van der Waals surface area (Å²) < 4.78 is 60.7. The van der Waals surface area contributed by atoms with Crippen LogP contribution in [-0.2, 0) is 14.3 Å². The van der Waals surface area contributed by atoms with Gasteiger partial charge in [-0.05, 0) is 12.5 Å². The van der Waals surface area contributed by atoms with Gasteiger partial charge in [-0.15, -0.1) is 11.8 Å². The van der Waals surface area contributed by atoms with Crippen LogP contribution in [0, 0.1) is 0 Å². The second-order valence-corrected chi connectivity index (χ2v) is 5.20. The molecule has 0 bridgehead atoms. The van der Waals surface area contributed by atoms with Crippen molar-refractivity contribution in [2.75, 3.05) is 11.5 Å². The molecule has 0 unspecified atom stereocenters. The lowest BCUT2D eigenvalue weighted by Crippen LogP contribution is -2.25. The highest BCUT2D eigenvalue weighted by Crippen LogP contribution is 2.31. The SMILES string of the molecule is CC1=C(OS(=O)(=O)C(F)(F)F)CSC1. The predicted molar refractivity (Wildman–Crippen MR) is 46.1 cm³/mol. The van der Waals surface area contributed by atoms with Gasteiger partial charge >= 0.3 is 15.6 Å². The first-order chi connectivity index (χ1) is 6.24. The largest absolute Gasteiger partial charge is 0.534 e. The Bertz CT molecular complexity index is 355. The number of hydrogen-bond donors (Lipinski definition) is 0. The monoisotopic (exact) mass is 248 g/mol. The molecule has 3 nitrogen and oxygen atoms in total. The third-order valence-electron chi connectivity index (χ3n) is 1.52. The summed E-state index contributed by atoms with van der Waals surface area (Å²) in [5, 5.41) is 0. The van der Waals surface area contributed by atoms with Gasteiger partial charge in [-0.1, -0.05) is 0 Å². The van der Waals surface area contributed by atoms with E-state index in [1.807, 2.05) is 0 Å². The molecule has 1 heterocycles. The third kappa shape index (κ3) is 2.35. The molecule has 0 radical (unpaired) electrons. The van der Waals surface area contributed by atoms with Gasteiger partial charge in [0.05, 0.1) is 5.75 Å². The fourth-order valence-electron chi connectivity index (χ4n) is 0.775. The van der Waals surface area contributed by atoms with Gasteiger partial charge < -0.3 is 4.18 Å². The third-order valence-corrected chi connectivity index (χ3v) is 3.61. The number of rotatable bonds is 2. The van der Waals surface area contributed by atoms with Crippen molar-refractivity contribution in [2.45, 2.75) is 12.4 Å². The summed E-state index contributed by atoms with van der Waals surface area (Å²) in [6.45, 7) is 1.54. The smallest absolute Gasteiger partial charge is 0.380 e. The van der Waals surface area contributed by atoms with Crippen molar-refractivity contribution in [2.24, 2.45) is 0 Å². The molecular weight excluding hydrogens is 241 g/mol. The minimum absolute atomic E-state index is 0.104. The first-order valence-corrected chi connectivity index (χ1v) is 6.07. The van der Waals surface area contributed by atoms with Gasteiger partial charge in [0, 0.05) is 5.75 Å². The molecule has 0 aromatic heterocycles. The molecule has 8 heteroatoms. The topological polar surface area (TPSA) is 43.4 Å². The van der Waals surface area contributed by atoms with Crippen LogP contribution >= 0.6 is 11.8 Å². The lowest BCUT2D eigenvalue weighted by molar-refractivity contribution is -0.0521. The van der Waals surface area contributed by atoms with Crippen molar-refractivity contribution < 1.29 is 25.8 Å². The van der Waals surface area contributed by atoms with Crippen molar-refractivity contribution >= 4 is 21.9 Å². The Labute approximate surface area is 83.4 Å². The zero-order valence-electron chi connectivity index (χ0n) is 7.09. The normalized spacial score (nSPS) is 18.9.